The van der Waals surface area contributed by atoms with Crippen LogP contribution in [0.5, 0.6) is 0 Å². The van der Waals surface area contributed by atoms with Gasteiger partial charge < -0.3 is 9.84 Å². The third-order valence-electron chi connectivity index (χ3n) is 4.13. The van der Waals surface area contributed by atoms with Gasteiger partial charge in [0.25, 0.3) is 0 Å². The molecule has 126 valence electrons. The molecule has 1 aromatic heterocycles. The lowest BCUT2D eigenvalue weighted by Crippen LogP contribution is -2.32. The Balaban J connectivity index is 2.27. The van der Waals surface area contributed by atoms with Gasteiger partial charge in [0.2, 0.25) is 0 Å². The smallest absolute Gasteiger partial charge is 0.153 e. The highest BCUT2D eigenvalue weighted by molar-refractivity contribution is 5.02. The molecular formula is C16H30N4O2. The molecule has 0 aliphatic carbocycles. The molecular weight excluding hydrogens is 280 g/mol. The van der Waals surface area contributed by atoms with E-state index in [2.05, 4.69) is 17.0 Å². The Morgan fingerprint density at radius 1 is 1.32 bits per heavy atom. The average molecular weight is 310 g/mol. The van der Waals surface area contributed by atoms with Crippen LogP contribution in [0.15, 0.2) is 0 Å². The summed E-state index contributed by atoms with van der Waals surface area (Å²) in [6, 6.07) is 0.286. The van der Waals surface area contributed by atoms with Gasteiger partial charge in [0.15, 0.2) is 5.82 Å². The molecule has 0 spiro atoms. The summed E-state index contributed by atoms with van der Waals surface area (Å²) in [4.78, 5) is 7.14. The molecule has 1 aliphatic rings. The van der Waals surface area contributed by atoms with E-state index in [1.54, 1.807) is 7.11 Å². The molecule has 0 bridgehead atoms. The molecule has 1 aliphatic heterocycles. The topological polar surface area (TPSA) is 63.4 Å². The van der Waals surface area contributed by atoms with Gasteiger partial charge in [0.1, 0.15) is 5.82 Å². The fourth-order valence-corrected chi connectivity index (χ4v) is 3.01. The minimum absolute atomic E-state index is 0.286. The maximum Gasteiger partial charge on any atom is 0.153 e. The minimum atomic E-state index is -0.801. The Hall–Kier alpha value is -0.980. The quantitative estimate of drug-likeness (QED) is 0.868. The van der Waals surface area contributed by atoms with Crippen molar-refractivity contribution in [1.82, 2.24) is 19.7 Å². The Labute approximate surface area is 133 Å². The van der Waals surface area contributed by atoms with Crippen molar-refractivity contribution in [2.24, 2.45) is 0 Å². The van der Waals surface area contributed by atoms with Crippen molar-refractivity contribution in [3.05, 3.63) is 11.6 Å². The standard InChI is InChI=1S/C16H30N4O2/c1-16(2,21)12-20-15(17-14(18-20)9-11-22-4)13-8-6-5-7-10-19(13)3/h13,21H,5-12H2,1-4H3. The van der Waals surface area contributed by atoms with Gasteiger partial charge >= 0.3 is 0 Å². The molecule has 6 nitrogen and oxygen atoms in total. The molecule has 0 aromatic carbocycles. The first-order valence-corrected chi connectivity index (χ1v) is 8.26. The van der Waals surface area contributed by atoms with Crippen LogP contribution in [0.25, 0.3) is 0 Å². The molecule has 1 N–H and O–H groups in total. The van der Waals surface area contributed by atoms with Crippen molar-refractivity contribution in [3.63, 3.8) is 0 Å². The zero-order valence-corrected chi connectivity index (χ0v) is 14.4. The number of methoxy groups -OCH3 is 1. The van der Waals surface area contributed by atoms with Gasteiger partial charge in [0, 0.05) is 13.5 Å². The summed E-state index contributed by atoms with van der Waals surface area (Å²) in [6.45, 7) is 5.79. The second-order valence-electron chi connectivity index (χ2n) is 6.94. The number of rotatable bonds is 6. The van der Waals surface area contributed by atoms with Crippen LogP contribution in [0.1, 0.15) is 57.2 Å². The maximum absolute atomic E-state index is 10.2. The van der Waals surface area contributed by atoms with Crippen LogP contribution in [0.4, 0.5) is 0 Å². The molecule has 1 aromatic rings. The number of hydrogen-bond acceptors (Lipinski definition) is 5. The summed E-state index contributed by atoms with van der Waals surface area (Å²) in [5.41, 5.74) is -0.801. The molecule has 1 fully saturated rings. The summed E-state index contributed by atoms with van der Waals surface area (Å²) in [7, 11) is 3.85. The fourth-order valence-electron chi connectivity index (χ4n) is 3.01. The van der Waals surface area contributed by atoms with Gasteiger partial charge in [-0.2, -0.15) is 5.10 Å². The van der Waals surface area contributed by atoms with E-state index in [4.69, 9.17) is 9.72 Å². The first-order valence-electron chi connectivity index (χ1n) is 8.26. The van der Waals surface area contributed by atoms with Crippen LogP contribution in [-0.4, -0.2) is 57.7 Å². The highest BCUT2D eigenvalue weighted by atomic mass is 16.5. The van der Waals surface area contributed by atoms with Crippen molar-refractivity contribution in [1.29, 1.82) is 0 Å². The SMILES string of the molecule is COCCc1nc(C2CCCCCN2C)n(CC(C)(C)O)n1. The van der Waals surface area contributed by atoms with Crippen molar-refractivity contribution in [2.75, 3.05) is 27.3 Å². The predicted molar refractivity (Wildman–Crippen MR) is 85.7 cm³/mol. The fraction of sp³-hybridized carbons (Fsp3) is 0.875. The molecule has 6 heteroatoms. The number of nitrogens with zero attached hydrogens (tertiary/aromatic N) is 4. The summed E-state index contributed by atoms with van der Waals surface area (Å²) < 4.78 is 7.03. The van der Waals surface area contributed by atoms with E-state index in [9.17, 15) is 5.11 Å². The number of aromatic nitrogens is 3. The molecule has 0 amide bonds. The van der Waals surface area contributed by atoms with Crippen molar-refractivity contribution in [2.45, 2.75) is 64.1 Å². The molecule has 0 saturated carbocycles. The van der Waals surface area contributed by atoms with E-state index in [-0.39, 0.29) is 6.04 Å². The molecule has 22 heavy (non-hydrogen) atoms. The average Bonchev–Trinajstić information content (AvgIpc) is 2.67. The Morgan fingerprint density at radius 2 is 2.09 bits per heavy atom. The van der Waals surface area contributed by atoms with Crippen LogP contribution in [0.2, 0.25) is 0 Å². The Kier molecular flexibility index (Phi) is 5.94. The van der Waals surface area contributed by atoms with Crippen molar-refractivity contribution < 1.29 is 9.84 Å². The molecule has 2 rings (SSSR count). The lowest BCUT2D eigenvalue weighted by molar-refractivity contribution is 0.0545. The van der Waals surface area contributed by atoms with E-state index in [0.717, 1.165) is 24.6 Å². The summed E-state index contributed by atoms with van der Waals surface area (Å²) >= 11 is 0. The third-order valence-corrected chi connectivity index (χ3v) is 4.13. The lowest BCUT2D eigenvalue weighted by atomic mass is 10.1. The van der Waals surface area contributed by atoms with Gasteiger partial charge in [-0.15, -0.1) is 0 Å². The second-order valence-corrected chi connectivity index (χ2v) is 6.94. The van der Waals surface area contributed by atoms with E-state index >= 15 is 0 Å². The van der Waals surface area contributed by atoms with Crippen LogP contribution in [0, 0.1) is 0 Å². The normalized spacial score (nSPS) is 21.0. The van der Waals surface area contributed by atoms with E-state index in [1.807, 2.05) is 18.5 Å². The van der Waals surface area contributed by atoms with Crippen molar-refractivity contribution >= 4 is 0 Å². The van der Waals surface area contributed by atoms with E-state index in [1.165, 1.54) is 19.3 Å². The summed E-state index contributed by atoms with van der Waals surface area (Å²) in [5, 5.41) is 14.8. The zero-order chi connectivity index (χ0) is 16.2. The highest BCUT2D eigenvalue weighted by Crippen LogP contribution is 2.28. The van der Waals surface area contributed by atoms with E-state index < -0.39 is 5.60 Å². The molecule has 0 radical (unpaired) electrons. The van der Waals surface area contributed by atoms with Gasteiger partial charge in [-0.25, -0.2) is 9.67 Å². The first-order chi connectivity index (χ1) is 10.4. The molecule has 1 unspecified atom stereocenters. The third kappa shape index (κ3) is 4.76. The molecule has 1 saturated heterocycles. The number of hydrogen-bond donors (Lipinski definition) is 1. The number of likely N-dealkylation sites (tertiary alicyclic amines) is 1. The Morgan fingerprint density at radius 3 is 2.77 bits per heavy atom. The second kappa shape index (κ2) is 7.53. The van der Waals surface area contributed by atoms with Gasteiger partial charge in [-0.3, -0.25) is 4.90 Å². The van der Waals surface area contributed by atoms with Gasteiger partial charge in [-0.05, 0) is 40.3 Å². The Bertz CT molecular complexity index is 467. The first kappa shape index (κ1) is 17.4. The van der Waals surface area contributed by atoms with Crippen LogP contribution < -0.4 is 0 Å². The summed E-state index contributed by atoms with van der Waals surface area (Å²) in [6.07, 6.45) is 5.54. The van der Waals surface area contributed by atoms with Crippen LogP contribution >= 0.6 is 0 Å². The number of ether oxygens (including phenoxy) is 1. The van der Waals surface area contributed by atoms with Crippen LogP contribution in [-0.2, 0) is 17.7 Å². The number of aliphatic hydroxyl groups is 1. The monoisotopic (exact) mass is 310 g/mol. The minimum Gasteiger partial charge on any atom is -0.389 e. The lowest BCUT2D eigenvalue weighted by Gasteiger charge is -2.26. The summed E-state index contributed by atoms with van der Waals surface area (Å²) in [5.74, 6) is 1.79. The molecule has 2 heterocycles. The zero-order valence-electron chi connectivity index (χ0n) is 14.4. The van der Waals surface area contributed by atoms with Crippen molar-refractivity contribution in [3.8, 4) is 0 Å². The van der Waals surface area contributed by atoms with Gasteiger partial charge in [-0.1, -0.05) is 12.8 Å². The highest BCUT2D eigenvalue weighted by Gasteiger charge is 2.27. The molecule has 1 atom stereocenters. The largest absolute Gasteiger partial charge is 0.389 e. The van der Waals surface area contributed by atoms with E-state index in [0.29, 0.717) is 19.6 Å². The predicted octanol–water partition coefficient (Wildman–Crippen LogP) is 1.78. The maximum atomic E-state index is 10.2. The van der Waals surface area contributed by atoms with Gasteiger partial charge in [0.05, 0.1) is 24.8 Å². The van der Waals surface area contributed by atoms with Crippen LogP contribution in [0.3, 0.4) is 0 Å².